The predicted octanol–water partition coefficient (Wildman–Crippen LogP) is 3.67. The average molecular weight is 412 g/mol. The van der Waals surface area contributed by atoms with Crippen molar-refractivity contribution in [2.75, 3.05) is 20.3 Å². The first kappa shape index (κ1) is 20.5. The highest BCUT2D eigenvalue weighted by Crippen LogP contribution is 2.48. The first-order valence-electron chi connectivity index (χ1n) is 10.2. The number of nitrogens with one attached hydrogen (secondary N) is 1. The molecule has 0 radical (unpaired) electrons. The second-order valence-electron chi connectivity index (χ2n) is 8.64. The summed E-state index contributed by atoms with van der Waals surface area (Å²) in [7, 11) is 1.66. The molecule has 1 aliphatic carbocycles. The summed E-state index contributed by atoms with van der Waals surface area (Å²) in [6.07, 6.45) is 1.84. The second kappa shape index (κ2) is 7.47. The summed E-state index contributed by atoms with van der Waals surface area (Å²) < 4.78 is 16.8. The Labute approximate surface area is 176 Å². The summed E-state index contributed by atoms with van der Waals surface area (Å²) in [5.74, 6) is 1.88. The molecule has 0 spiro atoms. The topological polar surface area (TPSA) is 81.0 Å². The molecule has 1 saturated heterocycles. The fraction of sp³-hybridized carbons (Fsp3) is 0.478. The molecule has 1 aliphatic heterocycles. The summed E-state index contributed by atoms with van der Waals surface area (Å²) in [5, 5.41) is 2.87. The predicted molar refractivity (Wildman–Crippen MR) is 110 cm³/mol. The summed E-state index contributed by atoms with van der Waals surface area (Å²) in [4.78, 5) is 27.3. The largest absolute Gasteiger partial charge is 0.493 e. The Balaban J connectivity index is 1.45. The molecule has 1 atom stereocenters. The van der Waals surface area contributed by atoms with Crippen molar-refractivity contribution in [3.05, 3.63) is 53.0 Å². The monoisotopic (exact) mass is 412 g/mol. The third kappa shape index (κ3) is 3.69. The van der Waals surface area contributed by atoms with Crippen molar-refractivity contribution in [1.82, 2.24) is 10.2 Å². The molecule has 1 saturated carbocycles. The van der Waals surface area contributed by atoms with Crippen molar-refractivity contribution in [1.29, 1.82) is 0 Å². The number of carbonyl (C=O) groups is 2. The van der Waals surface area contributed by atoms with Crippen LogP contribution >= 0.6 is 0 Å². The van der Waals surface area contributed by atoms with Crippen LogP contribution in [0.2, 0.25) is 0 Å². The van der Waals surface area contributed by atoms with Gasteiger partial charge in [0.2, 0.25) is 0 Å². The molecule has 0 bridgehead atoms. The number of urea groups is 1. The summed E-state index contributed by atoms with van der Waals surface area (Å²) in [6.45, 7) is 6.71. The first-order chi connectivity index (χ1) is 14.3. The summed E-state index contributed by atoms with van der Waals surface area (Å²) in [5.41, 5.74) is 0.439. The minimum atomic E-state index is -1.11. The van der Waals surface area contributed by atoms with Gasteiger partial charge in [-0.25, -0.2) is 4.79 Å². The van der Waals surface area contributed by atoms with Crippen LogP contribution in [0.1, 0.15) is 42.4 Å². The SMILES string of the molecule is COCc1cccc(OCC2(CN3C(=O)N[C@](C)(c4cc(C)oc4C)C3=O)CC2)c1. The van der Waals surface area contributed by atoms with Crippen molar-refractivity contribution in [2.24, 2.45) is 5.41 Å². The van der Waals surface area contributed by atoms with Crippen LogP contribution in [-0.4, -0.2) is 37.1 Å². The molecular weight excluding hydrogens is 384 g/mol. The van der Waals surface area contributed by atoms with Crippen LogP contribution in [0.4, 0.5) is 4.79 Å². The van der Waals surface area contributed by atoms with Crippen molar-refractivity contribution in [3.63, 3.8) is 0 Å². The standard InChI is InChI=1S/C23H28N2O5/c1-15-10-19(16(2)30-15)22(3)20(26)25(21(27)24-22)13-23(8-9-23)14-29-18-7-5-6-17(11-18)12-28-4/h5-7,10-11H,8-9,12-14H2,1-4H3,(H,24,27)/t22-/m1/s1. The van der Waals surface area contributed by atoms with E-state index in [9.17, 15) is 9.59 Å². The van der Waals surface area contributed by atoms with Crippen LogP contribution in [0.3, 0.4) is 0 Å². The lowest BCUT2D eigenvalue weighted by Crippen LogP contribution is -2.42. The summed E-state index contributed by atoms with van der Waals surface area (Å²) >= 11 is 0. The van der Waals surface area contributed by atoms with Crippen LogP contribution in [-0.2, 0) is 21.7 Å². The van der Waals surface area contributed by atoms with E-state index in [0.717, 1.165) is 24.2 Å². The Hall–Kier alpha value is -2.80. The van der Waals surface area contributed by atoms with Crippen LogP contribution in [0.5, 0.6) is 5.75 Å². The quantitative estimate of drug-likeness (QED) is 0.669. The van der Waals surface area contributed by atoms with E-state index >= 15 is 0 Å². The Morgan fingerprint density at radius 2 is 1.97 bits per heavy atom. The van der Waals surface area contributed by atoms with Crippen LogP contribution < -0.4 is 10.1 Å². The van der Waals surface area contributed by atoms with Crippen molar-refractivity contribution < 1.29 is 23.5 Å². The molecule has 2 heterocycles. The van der Waals surface area contributed by atoms with Crippen LogP contribution in [0.25, 0.3) is 0 Å². The molecule has 7 nitrogen and oxygen atoms in total. The smallest absolute Gasteiger partial charge is 0.325 e. The number of hydrogen-bond donors (Lipinski definition) is 1. The molecule has 1 aromatic heterocycles. The van der Waals surface area contributed by atoms with Gasteiger partial charge in [0, 0.05) is 24.6 Å². The first-order valence-corrected chi connectivity index (χ1v) is 10.2. The number of aryl methyl sites for hydroxylation is 2. The molecule has 2 aliphatic rings. The van der Waals surface area contributed by atoms with Gasteiger partial charge in [-0.1, -0.05) is 12.1 Å². The van der Waals surface area contributed by atoms with Crippen LogP contribution in [0, 0.1) is 19.3 Å². The van der Waals surface area contributed by atoms with Crippen molar-refractivity contribution >= 4 is 11.9 Å². The molecule has 3 amide bonds. The van der Waals surface area contributed by atoms with Gasteiger partial charge >= 0.3 is 6.03 Å². The zero-order valence-corrected chi connectivity index (χ0v) is 17.9. The number of rotatable bonds is 8. The van der Waals surface area contributed by atoms with E-state index in [1.807, 2.05) is 44.2 Å². The fourth-order valence-corrected chi connectivity index (χ4v) is 4.14. The minimum absolute atomic E-state index is 0.198. The van der Waals surface area contributed by atoms with Gasteiger partial charge in [0.15, 0.2) is 0 Å². The molecule has 30 heavy (non-hydrogen) atoms. The van der Waals surface area contributed by atoms with Gasteiger partial charge in [-0.3, -0.25) is 9.69 Å². The Morgan fingerprint density at radius 1 is 1.20 bits per heavy atom. The summed E-state index contributed by atoms with van der Waals surface area (Å²) in [6, 6.07) is 9.23. The third-order valence-corrected chi connectivity index (χ3v) is 6.06. The number of methoxy groups -OCH3 is 1. The number of hydrogen-bond acceptors (Lipinski definition) is 5. The van der Waals surface area contributed by atoms with E-state index in [4.69, 9.17) is 13.9 Å². The zero-order valence-electron chi connectivity index (χ0n) is 17.9. The Morgan fingerprint density at radius 3 is 2.60 bits per heavy atom. The molecule has 160 valence electrons. The molecular formula is C23H28N2O5. The van der Waals surface area contributed by atoms with E-state index in [1.54, 1.807) is 14.0 Å². The van der Waals surface area contributed by atoms with Gasteiger partial charge in [-0.15, -0.1) is 0 Å². The van der Waals surface area contributed by atoms with Gasteiger partial charge in [0.05, 0.1) is 13.2 Å². The molecule has 0 unspecified atom stereocenters. The lowest BCUT2D eigenvalue weighted by Gasteiger charge is -2.24. The van der Waals surface area contributed by atoms with Crippen LogP contribution in [0.15, 0.2) is 34.7 Å². The number of nitrogens with zero attached hydrogens (tertiary/aromatic N) is 1. The maximum Gasteiger partial charge on any atom is 0.325 e. The lowest BCUT2D eigenvalue weighted by atomic mass is 9.92. The van der Waals surface area contributed by atoms with Gasteiger partial charge < -0.3 is 19.2 Å². The lowest BCUT2D eigenvalue weighted by molar-refractivity contribution is -0.131. The molecule has 2 fully saturated rings. The molecule has 1 N–H and O–H groups in total. The van der Waals surface area contributed by atoms with E-state index in [1.165, 1.54) is 4.90 Å². The van der Waals surface area contributed by atoms with Gasteiger partial charge in [-0.2, -0.15) is 0 Å². The highest BCUT2D eigenvalue weighted by Gasteiger charge is 2.55. The van der Waals surface area contributed by atoms with Crippen molar-refractivity contribution in [3.8, 4) is 5.75 Å². The van der Waals surface area contributed by atoms with E-state index in [2.05, 4.69) is 5.32 Å². The molecule has 4 rings (SSSR count). The molecule has 2 aromatic rings. The van der Waals surface area contributed by atoms with Crippen molar-refractivity contribution in [2.45, 2.75) is 45.8 Å². The zero-order chi connectivity index (χ0) is 21.5. The number of furan rings is 1. The maximum absolute atomic E-state index is 13.2. The van der Waals surface area contributed by atoms with E-state index in [0.29, 0.717) is 36.8 Å². The minimum Gasteiger partial charge on any atom is -0.493 e. The van der Waals surface area contributed by atoms with Gasteiger partial charge in [0.25, 0.3) is 5.91 Å². The van der Waals surface area contributed by atoms with E-state index in [-0.39, 0.29) is 17.4 Å². The average Bonchev–Trinajstić information content (AvgIpc) is 3.34. The number of amides is 3. The number of imide groups is 1. The number of carbonyl (C=O) groups excluding carboxylic acids is 2. The second-order valence-corrected chi connectivity index (χ2v) is 8.64. The highest BCUT2D eigenvalue weighted by molar-refractivity contribution is 6.07. The van der Waals surface area contributed by atoms with Gasteiger partial charge in [0.1, 0.15) is 22.8 Å². The third-order valence-electron chi connectivity index (χ3n) is 6.06. The number of ether oxygens (including phenoxy) is 2. The maximum atomic E-state index is 13.2. The Kier molecular flexibility index (Phi) is 5.10. The van der Waals surface area contributed by atoms with E-state index < -0.39 is 5.54 Å². The highest BCUT2D eigenvalue weighted by atomic mass is 16.5. The number of benzene rings is 1. The Bertz CT molecular complexity index is 978. The fourth-order valence-electron chi connectivity index (χ4n) is 4.14. The molecule has 1 aromatic carbocycles. The molecule has 7 heteroatoms. The normalized spacial score (nSPS) is 22.3. The van der Waals surface area contributed by atoms with Gasteiger partial charge in [-0.05, 0) is 57.4 Å².